The molecule has 2 aromatic rings. The lowest BCUT2D eigenvalue weighted by Gasteiger charge is -2.30. The van der Waals surface area contributed by atoms with Crippen molar-refractivity contribution in [3.05, 3.63) is 71.3 Å². The number of carbonyl (C=O) groups is 1. The van der Waals surface area contributed by atoms with Crippen LogP contribution in [0.3, 0.4) is 0 Å². The van der Waals surface area contributed by atoms with Gasteiger partial charge in [-0.2, -0.15) is 0 Å². The van der Waals surface area contributed by atoms with Gasteiger partial charge < -0.3 is 9.47 Å². The van der Waals surface area contributed by atoms with Gasteiger partial charge in [0.15, 0.2) is 0 Å². The van der Waals surface area contributed by atoms with E-state index in [1.165, 1.54) is 12.1 Å². The fourth-order valence-corrected chi connectivity index (χ4v) is 3.38. The van der Waals surface area contributed by atoms with Gasteiger partial charge in [0.25, 0.3) is 0 Å². The molecule has 29 heavy (non-hydrogen) atoms. The highest BCUT2D eigenvalue weighted by Crippen LogP contribution is 2.31. The third-order valence-electron chi connectivity index (χ3n) is 4.63. The average Bonchev–Trinajstić information content (AvgIpc) is 2.68. The van der Waals surface area contributed by atoms with Crippen LogP contribution in [0.4, 0.5) is 13.2 Å². The lowest BCUT2D eigenvalue weighted by molar-refractivity contribution is -0.274. The summed E-state index contributed by atoms with van der Waals surface area (Å²) in [6, 6.07) is 15.6. The number of esters is 1. The molecule has 7 heteroatoms. The minimum atomic E-state index is -4.74. The van der Waals surface area contributed by atoms with Crippen molar-refractivity contribution in [1.29, 1.82) is 0 Å². The van der Waals surface area contributed by atoms with E-state index >= 15 is 0 Å². The monoisotopic (exact) mass is 405 g/mol. The number of rotatable bonds is 6. The topological polar surface area (TPSA) is 38.8 Å². The zero-order valence-electron chi connectivity index (χ0n) is 16.0. The van der Waals surface area contributed by atoms with Crippen LogP contribution < -0.4 is 4.74 Å². The predicted octanol–water partition coefficient (Wildman–Crippen LogP) is 4.81. The van der Waals surface area contributed by atoms with Crippen LogP contribution in [-0.2, 0) is 16.1 Å². The summed E-state index contributed by atoms with van der Waals surface area (Å²) in [5, 5.41) is 0. The lowest BCUT2D eigenvalue weighted by atomic mass is 9.93. The van der Waals surface area contributed by atoms with Gasteiger partial charge in [-0.15, -0.1) is 13.2 Å². The molecule has 0 aromatic heterocycles. The summed E-state index contributed by atoms with van der Waals surface area (Å²) < 4.78 is 46.3. The van der Waals surface area contributed by atoms with E-state index < -0.39 is 12.3 Å². The van der Waals surface area contributed by atoms with Crippen molar-refractivity contribution in [2.45, 2.75) is 26.3 Å². The molecule has 1 heterocycles. The number of hydrogen-bond donors (Lipinski definition) is 0. The van der Waals surface area contributed by atoms with Gasteiger partial charge in [-0.1, -0.05) is 42.5 Å². The fourth-order valence-electron chi connectivity index (χ4n) is 3.38. The Labute approximate surface area is 167 Å². The maximum absolute atomic E-state index is 12.6. The highest BCUT2D eigenvalue weighted by Gasteiger charge is 2.31. The van der Waals surface area contributed by atoms with Gasteiger partial charge >= 0.3 is 12.3 Å². The summed E-state index contributed by atoms with van der Waals surface area (Å²) in [6.45, 7) is 3.85. The normalized spacial score (nSPS) is 15.3. The second-order valence-electron chi connectivity index (χ2n) is 6.70. The highest BCUT2D eigenvalue weighted by molar-refractivity contribution is 5.98. The van der Waals surface area contributed by atoms with Crippen molar-refractivity contribution < 1.29 is 27.4 Å². The number of hydrogen-bond acceptors (Lipinski definition) is 4. The van der Waals surface area contributed by atoms with Crippen LogP contribution in [0, 0.1) is 0 Å². The minimum Gasteiger partial charge on any atom is -0.463 e. The lowest BCUT2D eigenvalue weighted by Crippen LogP contribution is -2.34. The van der Waals surface area contributed by atoms with Crippen molar-refractivity contribution in [1.82, 2.24) is 4.90 Å². The van der Waals surface area contributed by atoms with Crippen molar-refractivity contribution in [3.63, 3.8) is 0 Å². The Kier molecular flexibility index (Phi) is 6.59. The molecule has 154 valence electrons. The van der Waals surface area contributed by atoms with E-state index in [1.54, 1.807) is 19.1 Å². The summed E-state index contributed by atoms with van der Waals surface area (Å²) in [6.07, 6.45) is -4.14. The first-order chi connectivity index (χ1) is 13.9. The zero-order chi connectivity index (χ0) is 20.9. The molecular formula is C22H22F3NO3. The second-order valence-corrected chi connectivity index (χ2v) is 6.70. The first kappa shape index (κ1) is 20.9. The predicted molar refractivity (Wildman–Crippen MR) is 103 cm³/mol. The average molecular weight is 405 g/mol. The van der Waals surface area contributed by atoms with E-state index in [1.807, 2.05) is 30.3 Å². The quantitative estimate of drug-likeness (QED) is 0.647. The number of halogens is 3. The Morgan fingerprint density at radius 2 is 1.76 bits per heavy atom. The van der Waals surface area contributed by atoms with Gasteiger partial charge in [-0.3, -0.25) is 4.90 Å². The zero-order valence-corrected chi connectivity index (χ0v) is 16.0. The molecule has 1 aliphatic rings. The van der Waals surface area contributed by atoms with Gasteiger partial charge in [0, 0.05) is 19.6 Å². The molecule has 0 saturated carbocycles. The Hall–Kier alpha value is -2.80. The Balaban J connectivity index is 1.83. The molecule has 0 fully saturated rings. The molecule has 0 N–H and O–H groups in total. The summed E-state index contributed by atoms with van der Waals surface area (Å²) in [5.41, 5.74) is 3.18. The van der Waals surface area contributed by atoms with E-state index in [0.29, 0.717) is 30.6 Å². The maximum Gasteiger partial charge on any atom is 0.573 e. The summed E-state index contributed by atoms with van der Waals surface area (Å²) in [5.74, 6) is -0.683. The van der Waals surface area contributed by atoms with Crippen LogP contribution >= 0.6 is 0 Å². The van der Waals surface area contributed by atoms with Gasteiger partial charge in [-0.05, 0) is 42.2 Å². The number of alkyl halides is 3. The van der Waals surface area contributed by atoms with Crippen LogP contribution in [0.15, 0.2) is 60.2 Å². The fraction of sp³-hybridized carbons (Fsp3) is 0.318. The first-order valence-corrected chi connectivity index (χ1v) is 9.37. The molecule has 0 unspecified atom stereocenters. The van der Waals surface area contributed by atoms with Crippen LogP contribution in [-0.4, -0.2) is 36.9 Å². The van der Waals surface area contributed by atoms with E-state index in [4.69, 9.17) is 4.74 Å². The Morgan fingerprint density at radius 3 is 2.38 bits per heavy atom. The van der Waals surface area contributed by atoms with E-state index in [0.717, 1.165) is 17.7 Å². The van der Waals surface area contributed by atoms with Gasteiger partial charge in [-0.25, -0.2) is 4.79 Å². The standard InChI is InChI=1S/C22H22F3NO3/c1-2-28-21(27)20-15-26(14-16-6-4-3-5-7-16)13-12-19(20)17-8-10-18(11-9-17)29-22(23,24)25/h3-11H,2,12-15H2,1H3. The third-order valence-corrected chi connectivity index (χ3v) is 4.63. The molecule has 2 aromatic carbocycles. The van der Waals surface area contributed by atoms with Crippen molar-refractivity contribution >= 4 is 11.5 Å². The number of carbonyl (C=O) groups excluding carboxylic acids is 1. The molecular weight excluding hydrogens is 383 g/mol. The molecule has 1 aliphatic heterocycles. The molecule has 0 atom stereocenters. The largest absolute Gasteiger partial charge is 0.573 e. The second kappa shape index (κ2) is 9.13. The molecule has 0 aliphatic carbocycles. The smallest absolute Gasteiger partial charge is 0.463 e. The van der Waals surface area contributed by atoms with Crippen molar-refractivity contribution in [3.8, 4) is 5.75 Å². The van der Waals surface area contributed by atoms with Crippen LogP contribution in [0.2, 0.25) is 0 Å². The van der Waals surface area contributed by atoms with Gasteiger partial charge in [0.1, 0.15) is 5.75 Å². The molecule has 0 bridgehead atoms. The molecule has 4 nitrogen and oxygen atoms in total. The van der Waals surface area contributed by atoms with E-state index in [2.05, 4.69) is 9.64 Å². The van der Waals surface area contributed by atoms with Gasteiger partial charge in [0.05, 0.1) is 12.2 Å². The minimum absolute atomic E-state index is 0.257. The number of ether oxygens (including phenoxy) is 2. The van der Waals surface area contributed by atoms with Gasteiger partial charge in [0.2, 0.25) is 0 Å². The molecule has 0 saturated heterocycles. The molecule has 0 radical (unpaired) electrons. The van der Waals surface area contributed by atoms with Crippen LogP contribution in [0.5, 0.6) is 5.75 Å². The summed E-state index contributed by atoms with van der Waals surface area (Å²) in [4.78, 5) is 14.7. The van der Waals surface area contributed by atoms with E-state index in [9.17, 15) is 18.0 Å². The summed E-state index contributed by atoms with van der Waals surface area (Å²) >= 11 is 0. The number of benzene rings is 2. The third kappa shape index (κ3) is 5.84. The Morgan fingerprint density at radius 1 is 1.07 bits per heavy atom. The molecule has 0 amide bonds. The van der Waals surface area contributed by atoms with Crippen LogP contribution in [0.25, 0.3) is 5.57 Å². The van der Waals surface area contributed by atoms with Crippen LogP contribution in [0.1, 0.15) is 24.5 Å². The Bertz CT molecular complexity index is 861. The molecule has 0 spiro atoms. The summed E-state index contributed by atoms with van der Waals surface area (Å²) in [7, 11) is 0. The molecule has 3 rings (SSSR count). The number of nitrogens with zero attached hydrogens (tertiary/aromatic N) is 1. The maximum atomic E-state index is 12.6. The van der Waals surface area contributed by atoms with E-state index in [-0.39, 0.29) is 12.4 Å². The SMILES string of the molecule is CCOC(=O)C1=C(c2ccc(OC(F)(F)F)cc2)CCN(Cc2ccccc2)C1. The highest BCUT2D eigenvalue weighted by atomic mass is 19.4. The first-order valence-electron chi connectivity index (χ1n) is 9.37. The van der Waals surface area contributed by atoms with Crippen molar-refractivity contribution in [2.24, 2.45) is 0 Å². The van der Waals surface area contributed by atoms with Crippen molar-refractivity contribution in [2.75, 3.05) is 19.7 Å².